The van der Waals surface area contributed by atoms with Gasteiger partial charge in [0.15, 0.2) is 0 Å². The Labute approximate surface area is 108 Å². The van der Waals surface area contributed by atoms with Crippen molar-refractivity contribution < 1.29 is 9.31 Å². The van der Waals surface area contributed by atoms with Crippen molar-refractivity contribution >= 4 is 17.6 Å². The lowest BCUT2D eigenvalue weighted by Crippen LogP contribution is -1.95. The van der Waals surface area contributed by atoms with E-state index in [1.165, 1.54) is 12.3 Å². The molecule has 0 unspecified atom stereocenters. The molecule has 0 amide bonds. The van der Waals surface area contributed by atoms with E-state index in [0.29, 0.717) is 5.56 Å². The van der Waals surface area contributed by atoms with Crippen LogP contribution >= 0.6 is 0 Å². The van der Waals surface area contributed by atoms with Crippen molar-refractivity contribution in [2.75, 3.05) is 5.43 Å². The molecule has 0 aromatic heterocycles. The topological polar surface area (TPSA) is 67.5 Å². The standard InChI is InChI=1S/C13H10FN3O2/c14-12-7-6-10(8-13(12)17(18)19)9-15-16-11-4-2-1-3-5-11/h1-9,16H. The Balaban J connectivity index is 2.11. The first kappa shape index (κ1) is 12.7. The van der Waals surface area contributed by atoms with Gasteiger partial charge in [0.25, 0.3) is 0 Å². The molecule has 0 aliphatic heterocycles. The van der Waals surface area contributed by atoms with E-state index >= 15 is 0 Å². The summed E-state index contributed by atoms with van der Waals surface area (Å²) < 4.78 is 13.1. The third-order valence-corrected chi connectivity index (χ3v) is 2.35. The molecule has 0 atom stereocenters. The number of para-hydroxylation sites is 1. The lowest BCUT2D eigenvalue weighted by Gasteiger charge is -1.99. The van der Waals surface area contributed by atoms with Crippen LogP contribution in [0, 0.1) is 15.9 Å². The zero-order valence-electron chi connectivity index (χ0n) is 9.79. The highest BCUT2D eigenvalue weighted by molar-refractivity contribution is 5.81. The number of anilines is 1. The minimum atomic E-state index is -0.863. The van der Waals surface area contributed by atoms with E-state index < -0.39 is 16.4 Å². The van der Waals surface area contributed by atoms with Gasteiger partial charge in [-0.3, -0.25) is 15.5 Å². The minimum Gasteiger partial charge on any atom is -0.279 e. The van der Waals surface area contributed by atoms with Crippen LogP contribution in [0.3, 0.4) is 0 Å². The Morgan fingerprint density at radius 2 is 1.95 bits per heavy atom. The number of hydrogen-bond donors (Lipinski definition) is 1. The van der Waals surface area contributed by atoms with Crippen LogP contribution in [0.4, 0.5) is 15.8 Å². The summed E-state index contributed by atoms with van der Waals surface area (Å²) in [5.41, 5.74) is 3.42. The highest BCUT2D eigenvalue weighted by Crippen LogP contribution is 2.17. The van der Waals surface area contributed by atoms with E-state index in [-0.39, 0.29) is 0 Å². The van der Waals surface area contributed by atoms with Crippen LogP contribution in [0.5, 0.6) is 0 Å². The maximum Gasteiger partial charge on any atom is 0.305 e. The van der Waals surface area contributed by atoms with Crippen molar-refractivity contribution in [3.8, 4) is 0 Å². The van der Waals surface area contributed by atoms with E-state index in [9.17, 15) is 14.5 Å². The predicted octanol–water partition coefficient (Wildman–Crippen LogP) is 3.18. The zero-order chi connectivity index (χ0) is 13.7. The first-order valence-corrected chi connectivity index (χ1v) is 5.45. The Morgan fingerprint density at radius 3 is 2.63 bits per heavy atom. The number of nitrogens with one attached hydrogen (secondary N) is 1. The van der Waals surface area contributed by atoms with Crippen molar-refractivity contribution in [2.24, 2.45) is 5.10 Å². The summed E-state index contributed by atoms with van der Waals surface area (Å²) in [7, 11) is 0. The van der Waals surface area contributed by atoms with Gasteiger partial charge in [-0.15, -0.1) is 0 Å². The number of benzene rings is 2. The fraction of sp³-hybridized carbons (Fsp3) is 0. The smallest absolute Gasteiger partial charge is 0.279 e. The molecule has 0 aliphatic carbocycles. The van der Waals surface area contributed by atoms with E-state index in [1.807, 2.05) is 30.3 Å². The average Bonchev–Trinajstić information content (AvgIpc) is 2.41. The summed E-state index contributed by atoms with van der Waals surface area (Å²) in [5, 5.41) is 14.5. The number of nitro benzene ring substituents is 1. The van der Waals surface area contributed by atoms with Gasteiger partial charge >= 0.3 is 5.69 Å². The molecular weight excluding hydrogens is 249 g/mol. The molecule has 0 fully saturated rings. The quantitative estimate of drug-likeness (QED) is 0.521. The SMILES string of the molecule is O=[N+]([O-])c1cc(C=NNc2ccccc2)ccc1F. The van der Waals surface area contributed by atoms with Crippen molar-refractivity contribution in [3.63, 3.8) is 0 Å². The van der Waals surface area contributed by atoms with Crippen molar-refractivity contribution in [3.05, 3.63) is 70.0 Å². The van der Waals surface area contributed by atoms with Crippen molar-refractivity contribution in [2.45, 2.75) is 0 Å². The lowest BCUT2D eigenvalue weighted by molar-refractivity contribution is -0.387. The van der Waals surface area contributed by atoms with E-state index in [0.717, 1.165) is 17.8 Å². The van der Waals surface area contributed by atoms with E-state index in [4.69, 9.17) is 0 Å². The average molecular weight is 259 g/mol. The molecule has 2 aromatic carbocycles. The molecule has 5 nitrogen and oxygen atoms in total. The number of halogens is 1. The molecule has 96 valence electrons. The molecule has 6 heteroatoms. The van der Waals surface area contributed by atoms with Gasteiger partial charge in [-0.2, -0.15) is 9.49 Å². The Kier molecular flexibility index (Phi) is 3.82. The molecule has 2 aromatic rings. The second-order valence-corrected chi connectivity index (χ2v) is 3.70. The van der Waals surface area contributed by atoms with Gasteiger partial charge in [-0.05, 0) is 24.3 Å². The third-order valence-electron chi connectivity index (χ3n) is 2.35. The fourth-order valence-electron chi connectivity index (χ4n) is 1.44. The molecule has 0 saturated carbocycles. The van der Waals surface area contributed by atoms with Crippen LogP contribution in [0.2, 0.25) is 0 Å². The fourth-order valence-corrected chi connectivity index (χ4v) is 1.44. The largest absolute Gasteiger partial charge is 0.305 e. The van der Waals surface area contributed by atoms with E-state index in [1.54, 1.807) is 0 Å². The van der Waals surface area contributed by atoms with Gasteiger partial charge in [0.05, 0.1) is 16.8 Å². The predicted molar refractivity (Wildman–Crippen MR) is 70.7 cm³/mol. The molecule has 0 heterocycles. The second kappa shape index (κ2) is 5.72. The first-order valence-electron chi connectivity index (χ1n) is 5.45. The summed E-state index contributed by atoms with van der Waals surface area (Å²) in [4.78, 5) is 9.81. The van der Waals surface area contributed by atoms with Crippen LogP contribution in [0.15, 0.2) is 53.6 Å². The minimum absolute atomic E-state index is 0.441. The highest BCUT2D eigenvalue weighted by atomic mass is 19.1. The molecule has 0 spiro atoms. The van der Waals surface area contributed by atoms with Gasteiger partial charge in [-0.25, -0.2) is 0 Å². The number of nitrogens with zero attached hydrogens (tertiary/aromatic N) is 2. The van der Waals surface area contributed by atoms with Gasteiger partial charge < -0.3 is 0 Å². The second-order valence-electron chi connectivity index (χ2n) is 3.70. The number of hydrazone groups is 1. The first-order chi connectivity index (χ1) is 9.16. The maximum absolute atomic E-state index is 13.1. The lowest BCUT2D eigenvalue weighted by atomic mass is 10.2. The van der Waals surface area contributed by atoms with Crippen molar-refractivity contribution in [1.29, 1.82) is 0 Å². The van der Waals surface area contributed by atoms with Crippen LogP contribution in [-0.4, -0.2) is 11.1 Å². The van der Waals surface area contributed by atoms with E-state index in [2.05, 4.69) is 10.5 Å². The number of rotatable bonds is 4. The Hall–Kier alpha value is -2.76. The van der Waals surface area contributed by atoms with Crippen LogP contribution < -0.4 is 5.43 Å². The zero-order valence-corrected chi connectivity index (χ0v) is 9.79. The van der Waals surface area contributed by atoms with Crippen LogP contribution in [0.25, 0.3) is 0 Å². The monoisotopic (exact) mass is 259 g/mol. The van der Waals surface area contributed by atoms with Gasteiger partial charge in [-0.1, -0.05) is 18.2 Å². The molecule has 0 saturated heterocycles. The number of hydrogen-bond acceptors (Lipinski definition) is 4. The summed E-state index contributed by atoms with van der Waals surface area (Å²) >= 11 is 0. The third kappa shape index (κ3) is 3.35. The Bertz CT molecular complexity index is 615. The van der Waals surface area contributed by atoms with Gasteiger partial charge in [0.2, 0.25) is 5.82 Å². The summed E-state index contributed by atoms with van der Waals surface area (Å²) in [6, 6.07) is 12.8. The molecule has 1 N–H and O–H groups in total. The Morgan fingerprint density at radius 1 is 1.21 bits per heavy atom. The summed E-state index contributed by atoms with van der Waals surface area (Å²) in [5.74, 6) is -0.863. The maximum atomic E-state index is 13.1. The molecule has 19 heavy (non-hydrogen) atoms. The molecule has 0 aliphatic rings. The van der Waals surface area contributed by atoms with Gasteiger partial charge in [0.1, 0.15) is 0 Å². The normalized spacial score (nSPS) is 10.6. The summed E-state index contributed by atoms with van der Waals surface area (Å²) in [6.07, 6.45) is 1.39. The molecule has 2 rings (SSSR count). The number of nitro groups is 1. The van der Waals surface area contributed by atoms with Crippen LogP contribution in [-0.2, 0) is 0 Å². The molecule has 0 radical (unpaired) electrons. The summed E-state index contributed by atoms with van der Waals surface area (Å²) in [6.45, 7) is 0. The highest BCUT2D eigenvalue weighted by Gasteiger charge is 2.13. The van der Waals surface area contributed by atoms with Gasteiger partial charge in [0, 0.05) is 11.6 Å². The van der Waals surface area contributed by atoms with Crippen molar-refractivity contribution in [1.82, 2.24) is 0 Å². The molecular formula is C13H10FN3O2. The van der Waals surface area contributed by atoms with Crippen LogP contribution in [0.1, 0.15) is 5.56 Å². The molecule has 0 bridgehead atoms.